The first-order valence-electron chi connectivity index (χ1n) is 12.3. The SMILES string of the molecule is COc1cc2c(cc1OC)C1(CC2)CC(C)(C)N(c2c(C(C)C)cccc2C(C)C)C1CCl. The zero-order chi connectivity index (χ0) is 24.1. The Bertz CT molecular complexity index is 1000. The molecule has 1 aliphatic heterocycles. The number of para-hydroxylation sites is 1. The highest BCUT2D eigenvalue weighted by molar-refractivity contribution is 6.18. The Labute approximate surface area is 205 Å². The lowest BCUT2D eigenvalue weighted by molar-refractivity contribution is 0.350. The number of nitrogens with zero attached hydrogens (tertiary/aromatic N) is 1. The van der Waals surface area contributed by atoms with Crippen molar-refractivity contribution in [3.8, 4) is 11.5 Å². The van der Waals surface area contributed by atoms with Gasteiger partial charge in [0.05, 0.1) is 20.3 Å². The zero-order valence-corrected chi connectivity index (χ0v) is 22.3. The van der Waals surface area contributed by atoms with Crippen LogP contribution in [0.2, 0.25) is 0 Å². The van der Waals surface area contributed by atoms with Crippen molar-refractivity contribution in [2.24, 2.45) is 0 Å². The highest BCUT2D eigenvalue weighted by atomic mass is 35.5. The van der Waals surface area contributed by atoms with Gasteiger partial charge in [0.15, 0.2) is 11.5 Å². The number of alkyl halides is 1. The minimum atomic E-state index is -0.0248. The average Bonchev–Trinajstić information content (AvgIpc) is 3.24. The van der Waals surface area contributed by atoms with Crippen LogP contribution in [0.1, 0.15) is 88.5 Å². The molecule has 0 radical (unpaired) electrons. The van der Waals surface area contributed by atoms with Crippen LogP contribution in [0.25, 0.3) is 0 Å². The third kappa shape index (κ3) is 3.71. The number of benzene rings is 2. The van der Waals surface area contributed by atoms with E-state index in [0.29, 0.717) is 17.7 Å². The smallest absolute Gasteiger partial charge is 0.161 e. The molecule has 1 spiro atoms. The topological polar surface area (TPSA) is 21.7 Å². The first-order chi connectivity index (χ1) is 15.6. The number of hydrogen-bond donors (Lipinski definition) is 0. The van der Waals surface area contributed by atoms with E-state index >= 15 is 0 Å². The maximum Gasteiger partial charge on any atom is 0.161 e. The maximum absolute atomic E-state index is 6.91. The zero-order valence-electron chi connectivity index (χ0n) is 21.6. The van der Waals surface area contributed by atoms with Crippen molar-refractivity contribution < 1.29 is 9.47 Å². The molecule has 3 nitrogen and oxygen atoms in total. The molecule has 1 aliphatic carbocycles. The predicted octanol–water partition coefficient (Wildman–Crippen LogP) is 7.43. The van der Waals surface area contributed by atoms with Gasteiger partial charge in [-0.05, 0) is 79.3 Å². The quantitative estimate of drug-likeness (QED) is 0.410. The summed E-state index contributed by atoms with van der Waals surface area (Å²) in [6.45, 7) is 14.0. The largest absolute Gasteiger partial charge is 0.493 e. The number of fused-ring (bicyclic) bond motifs is 2. The lowest BCUT2D eigenvalue weighted by atomic mass is 9.73. The van der Waals surface area contributed by atoms with Gasteiger partial charge in [0.2, 0.25) is 0 Å². The highest BCUT2D eigenvalue weighted by Crippen LogP contribution is 2.59. The van der Waals surface area contributed by atoms with E-state index in [9.17, 15) is 0 Å². The van der Waals surface area contributed by atoms with E-state index in [1.54, 1.807) is 14.2 Å². The molecular formula is C29H40ClNO2. The second kappa shape index (κ2) is 8.73. The minimum Gasteiger partial charge on any atom is -0.493 e. The van der Waals surface area contributed by atoms with E-state index in [1.165, 1.54) is 27.9 Å². The molecule has 1 heterocycles. The molecule has 1 fully saturated rings. The second-order valence-corrected chi connectivity index (χ2v) is 11.5. The minimum absolute atomic E-state index is 0.00151. The molecule has 180 valence electrons. The van der Waals surface area contributed by atoms with E-state index in [0.717, 1.165) is 30.8 Å². The fourth-order valence-corrected chi connectivity index (χ4v) is 7.16. The fourth-order valence-electron chi connectivity index (χ4n) is 6.72. The number of halogens is 1. The molecule has 2 aromatic rings. The van der Waals surface area contributed by atoms with Gasteiger partial charge in [0.1, 0.15) is 0 Å². The summed E-state index contributed by atoms with van der Waals surface area (Å²) in [7, 11) is 3.44. The lowest BCUT2D eigenvalue weighted by Gasteiger charge is -2.42. The first-order valence-corrected chi connectivity index (χ1v) is 12.9. The molecule has 33 heavy (non-hydrogen) atoms. The molecule has 2 atom stereocenters. The molecule has 2 aliphatic rings. The summed E-state index contributed by atoms with van der Waals surface area (Å²) in [5.74, 6) is 3.12. The Hall–Kier alpha value is -1.87. The van der Waals surface area contributed by atoms with E-state index in [1.807, 2.05) is 0 Å². The van der Waals surface area contributed by atoms with Gasteiger partial charge in [0, 0.05) is 22.5 Å². The lowest BCUT2D eigenvalue weighted by Crippen LogP contribution is -2.48. The van der Waals surface area contributed by atoms with Crippen molar-refractivity contribution in [1.82, 2.24) is 0 Å². The van der Waals surface area contributed by atoms with E-state index < -0.39 is 0 Å². The molecule has 2 aromatic carbocycles. The van der Waals surface area contributed by atoms with Crippen LogP contribution in [-0.2, 0) is 11.8 Å². The number of anilines is 1. The molecule has 0 N–H and O–H groups in total. The molecule has 0 amide bonds. The van der Waals surface area contributed by atoms with Crippen LogP contribution in [0.5, 0.6) is 11.5 Å². The highest BCUT2D eigenvalue weighted by Gasteiger charge is 2.59. The van der Waals surface area contributed by atoms with Crippen molar-refractivity contribution in [3.63, 3.8) is 0 Å². The Morgan fingerprint density at radius 3 is 2.09 bits per heavy atom. The molecule has 0 bridgehead atoms. The van der Waals surface area contributed by atoms with Gasteiger partial charge in [-0.15, -0.1) is 11.6 Å². The Kier molecular flexibility index (Phi) is 6.41. The van der Waals surface area contributed by atoms with Crippen molar-refractivity contribution in [3.05, 3.63) is 52.6 Å². The third-order valence-electron chi connectivity index (χ3n) is 8.07. The summed E-state index contributed by atoms with van der Waals surface area (Å²) in [5, 5.41) is 0. The van der Waals surface area contributed by atoms with Gasteiger partial charge < -0.3 is 14.4 Å². The van der Waals surface area contributed by atoms with Crippen LogP contribution in [0.15, 0.2) is 30.3 Å². The van der Waals surface area contributed by atoms with E-state index in [2.05, 4.69) is 76.8 Å². The molecule has 0 saturated carbocycles. The number of ether oxygens (including phenoxy) is 2. The Morgan fingerprint density at radius 2 is 1.58 bits per heavy atom. The van der Waals surface area contributed by atoms with Crippen molar-refractivity contribution in [1.29, 1.82) is 0 Å². The van der Waals surface area contributed by atoms with Gasteiger partial charge in [-0.25, -0.2) is 0 Å². The van der Waals surface area contributed by atoms with Gasteiger partial charge in [-0.3, -0.25) is 0 Å². The average molecular weight is 470 g/mol. The summed E-state index contributed by atoms with van der Waals surface area (Å²) < 4.78 is 11.3. The standard InChI is InChI=1S/C29H40ClNO2/c1-18(2)21-10-9-11-22(19(3)4)27(21)31-26(16-30)29(17-28(31,5)6)13-12-20-14-24(32-7)25(33-8)15-23(20)29/h9-11,14-15,18-19,26H,12-13,16-17H2,1-8H3. The number of rotatable bonds is 6. The maximum atomic E-state index is 6.91. The van der Waals surface area contributed by atoms with Gasteiger partial charge in [-0.1, -0.05) is 45.9 Å². The predicted molar refractivity (Wildman–Crippen MR) is 140 cm³/mol. The summed E-state index contributed by atoms with van der Waals surface area (Å²) in [5.41, 5.74) is 7.00. The third-order valence-corrected chi connectivity index (χ3v) is 8.36. The van der Waals surface area contributed by atoms with Crippen LogP contribution in [0.4, 0.5) is 5.69 Å². The van der Waals surface area contributed by atoms with Crippen molar-refractivity contribution in [2.45, 2.75) is 89.6 Å². The number of aryl methyl sites for hydroxylation is 1. The molecule has 0 aromatic heterocycles. The molecule has 4 rings (SSSR count). The summed E-state index contributed by atoms with van der Waals surface area (Å²) in [6.07, 6.45) is 3.23. The summed E-state index contributed by atoms with van der Waals surface area (Å²) >= 11 is 6.91. The van der Waals surface area contributed by atoms with Crippen LogP contribution >= 0.6 is 11.6 Å². The normalized spacial score (nSPS) is 23.6. The number of hydrogen-bond acceptors (Lipinski definition) is 3. The Balaban J connectivity index is 1.94. The van der Waals surface area contributed by atoms with E-state index in [4.69, 9.17) is 21.1 Å². The van der Waals surface area contributed by atoms with Crippen LogP contribution in [-0.4, -0.2) is 31.7 Å². The second-order valence-electron chi connectivity index (χ2n) is 11.1. The van der Waals surface area contributed by atoms with Crippen LogP contribution in [0.3, 0.4) is 0 Å². The molecule has 1 saturated heterocycles. The summed E-state index contributed by atoms with van der Waals surface area (Å²) in [6, 6.07) is 11.5. The van der Waals surface area contributed by atoms with Crippen molar-refractivity contribution in [2.75, 3.05) is 25.0 Å². The Morgan fingerprint density at radius 1 is 1.00 bits per heavy atom. The monoisotopic (exact) mass is 469 g/mol. The van der Waals surface area contributed by atoms with Crippen LogP contribution < -0.4 is 14.4 Å². The fraction of sp³-hybridized carbons (Fsp3) is 0.586. The van der Waals surface area contributed by atoms with Gasteiger partial charge >= 0.3 is 0 Å². The summed E-state index contributed by atoms with van der Waals surface area (Å²) in [4.78, 5) is 2.70. The first kappa shape index (κ1) is 24.3. The van der Waals surface area contributed by atoms with Gasteiger partial charge in [0.25, 0.3) is 0 Å². The van der Waals surface area contributed by atoms with Gasteiger partial charge in [-0.2, -0.15) is 0 Å². The molecule has 4 heteroatoms. The van der Waals surface area contributed by atoms with Crippen molar-refractivity contribution >= 4 is 17.3 Å². The molecule has 2 unspecified atom stereocenters. The van der Waals surface area contributed by atoms with E-state index in [-0.39, 0.29) is 17.0 Å². The molecular weight excluding hydrogens is 430 g/mol. The van der Waals surface area contributed by atoms with Crippen LogP contribution in [0, 0.1) is 0 Å². The number of methoxy groups -OCH3 is 2.